The monoisotopic (exact) mass is 221 g/mol. The maximum absolute atomic E-state index is 9.27. The van der Waals surface area contributed by atoms with Crippen LogP contribution in [-0.2, 0) is 0 Å². The number of nitrogens with one attached hydrogen (secondary N) is 1. The molecule has 1 N–H and O–H groups in total. The van der Waals surface area contributed by atoms with Gasteiger partial charge in [-0.1, -0.05) is 19.9 Å². The maximum atomic E-state index is 9.27. The number of likely N-dealkylation sites (tertiary alicyclic amines) is 1. The van der Waals surface area contributed by atoms with Crippen molar-refractivity contribution >= 4 is 0 Å². The van der Waals surface area contributed by atoms with Crippen LogP contribution in [0.25, 0.3) is 0 Å². The Hall–Kier alpha value is -0.850. The Morgan fingerprint density at radius 2 is 2.12 bits per heavy atom. The number of hydrogen-bond acceptors (Lipinski definition) is 3. The minimum absolute atomic E-state index is 0.318. The Morgan fingerprint density at radius 1 is 1.50 bits per heavy atom. The van der Waals surface area contributed by atoms with Crippen molar-refractivity contribution in [3.63, 3.8) is 0 Å². The van der Waals surface area contributed by atoms with Crippen molar-refractivity contribution in [1.29, 1.82) is 5.26 Å². The lowest BCUT2D eigenvalue weighted by Gasteiger charge is -2.38. The fourth-order valence-electron chi connectivity index (χ4n) is 2.23. The molecular weight excluding hydrogens is 198 g/mol. The third kappa shape index (κ3) is 3.62. The van der Waals surface area contributed by atoms with Crippen molar-refractivity contribution in [2.75, 3.05) is 26.2 Å². The summed E-state index contributed by atoms with van der Waals surface area (Å²) in [5, 5.41) is 12.6. The second kappa shape index (κ2) is 6.03. The number of nitriles is 1. The van der Waals surface area contributed by atoms with Crippen molar-refractivity contribution in [1.82, 2.24) is 10.2 Å². The van der Waals surface area contributed by atoms with Gasteiger partial charge in [-0.15, -0.1) is 6.58 Å². The molecule has 0 atom stereocenters. The van der Waals surface area contributed by atoms with E-state index in [0.717, 1.165) is 39.0 Å². The summed E-state index contributed by atoms with van der Waals surface area (Å²) in [6.07, 6.45) is 3.66. The first-order chi connectivity index (χ1) is 7.62. The highest BCUT2D eigenvalue weighted by Gasteiger charge is 2.33. The predicted octanol–water partition coefficient (Wildman–Crippen LogP) is 1.78. The molecule has 3 heteroatoms. The molecule has 3 nitrogen and oxygen atoms in total. The topological polar surface area (TPSA) is 39.1 Å². The number of piperidine rings is 1. The van der Waals surface area contributed by atoms with Gasteiger partial charge in [0.05, 0.1) is 6.07 Å². The summed E-state index contributed by atoms with van der Waals surface area (Å²) in [7, 11) is 0. The van der Waals surface area contributed by atoms with E-state index in [1.807, 2.05) is 6.08 Å². The number of hydrogen-bond donors (Lipinski definition) is 1. The minimum atomic E-state index is -0.318. The van der Waals surface area contributed by atoms with E-state index in [1.165, 1.54) is 0 Å². The summed E-state index contributed by atoms with van der Waals surface area (Å²) >= 11 is 0. The fourth-order valence-corrected chi connectivity index (χ4v) is 2.23. The summed E-state index contributed by atoms with van der Waals surface area (Å²) in [6, 6.07) is 2.44. The van der Waals surface area contributed by atoms with Gasteiger partial charge in [0.1, 0.15) is 5.54 Å². The van der Waals surface area contributed by atoms with E-state index in [2.05, 4.69) is 36.7 Å². The van der Waals surface area contributed by atoms with Crippen LogP contribution in [0.5, 0.6) is 0 Å². The lowest BCUT2D eigenvalue weighted by atomic mass is 9.88. The van der Waals surface area contributed by atoms with Crippen molar-refractivity contribution in [3.05, 3.63) is 12.7 Å². The summed E-state index contributed by atoms with van der Waals surface area (Å²) < 4.78 is 0. The van der Waals surface area contributed by atoms with Crippen LogP contribution >= 0.6 is 0 Å². The zero-order chi connectivity index (χ0) is 12.0. The molecule has 1 saturated heterocycles. The summed E-state index contributed by atoms with van der Waals surface area (Å²) in [5.74, 6) is 0.704. The molecule has 0 radical (unpaired) electrons. The van der Waals surface area contributed by atoms with E-state index in [-0.39, 0.29) is 5.54 Å². The van der Waals surface area contributed by atoms with Crippen LogP contribution in [0, 0.1) is 17.2 Å². The normalized spacial score (nSPS) is 20.6. The van der Waals surface area contributed by atoms with Gasteiger partial charge in [0.25, 0.3) is 0 Å². The highest BCUT2D eigenvalue weighted by Crippen LogP contribution is 2.22. The van der Waals surface area contributed by atoms with E-state index in [9.17, 15) is 5.26 Å². The average Bonchev–Trinajstić information content (AvgIpc) is 2.28. The molecule has 0 amide bonds. The molecule has 0 aromatic heterocycles. The van der Waals surface area contributed by atoms with Gasteiger partial charge in [-0.2, -0.15) is 5.26 Å². The van der Waals surface area contributed by atoms with Crippen LogP contribution in [0.1, 0.15) is 26.7 Å². The van der Waals surface area contributed by atoms with Gasteiger partial charge >= 0.3 is 0 Å². The molecule has 0 spiro atoms. The van der Waals surface area contributed by atoms with E-state index in [0.29, 0.717) is 5.92 Å². The molecule has 0 saturated carbocycles. The molecule has 90 valence electrons. The molecule has 1 heterocycles. The molecule has 0 aromatic carbocycles. The lowest BCUT2D eigenvalue weighted by molar-refractivity contribution is 0.155. The maximum Gasteiger partial charge on any atom is 0.109 e. The molecule has 1 aliphatic rings. The van der Waals surface area contributed by atoms with Gasteiger partial charge in [-0.3, -0.25) is 5.32 Å². The first-order valence-electron chi connectivity index (χ1n) is 6.11. The van der Waals surface area contributed by atoms with Gasteiger partial charge in [-0.25, -0.2) is 0 Å². The second-order valence-corrected chi connectivity index (χ2v) is 5.06. The molecule has 0 unspecified atom stereocenters. The Labute approximate surface area is 99.1 Å². The van der Waals surface area contributed by atoms with Crippen LogP contribution in [0.4, 0.5) is 0 Å². The molecular formula is C13H23N3. The van der Waals surface area contributed by atoms with Gasteiger partial charge in [0.15, 0.2) is 0 Å². The molecule has 0 aliphatic carbocycles. The molecule has 0 bridgehead atoms. The zero-order valence-corrected chi connectivity index (χ0v) is 10.5. The summed E-state index contributed by atoms with van der Waals surface area (Å²) in [5.41, 5.74) is -0.318. The van der Waals surface area contributed by atoms with Gasteiger partial charge in [0, 0.05) is 26.2 Å². The molecule has 0 aromatic rings. The van der Waals surface area contributed by atoms with Crippen LogP contribution in [-0.4, -0.2) is 36.6 Å². The van der Waals surface area contributed by atoms with E-state index in [1.54, 1.807) is 0 Å². The largest absolute Gasteiger partial charge is 0.303 e. The Kier molecular flexibility index (Phi) is 4.98. The minimum Gasteiger partial charge on any atom is -0.303 e. The van der Waals surface area contributed by atoms with Crippen molar-refractivity contribution in [3.8, 4) is 6.07 Å². The third-order valence-corrected chi connectivity index (χ3v) is 3.13. The van der Waals surface area contributed by atoms with Gasteiger partial charge in [0.2, 0.25) is 0 Å². The summed E-state index contributed by atoms with van der Waals surface area (Å²) in [6.45, 7) is 12.1. The zero-order valence-electron chi connectivity index (χ0n) is 10.5. The SMILES string of the molecule is C=CCNC1(C#N)CCN(CC(C)C)CC1. The van der Waals surface area contributed by atoms with Crippen molar-refractivity contribution in [2.24, 2.45) is 5.92 Å². The predicted molar refractivity (Wildman–Crippen MR) is 67.1 cm³/mol. The third-order valence-electron chi connectivity index (χ3n) is 3.13. The van der Waals surface area contributed by atoms with Gasteiger partial charge in [-0.05, 0) is 18.8 Å². The highest BCUT2D eigenvalue weighted by molar-refractivity contribution is 5.10. The fraction of sp³-hybridized carbons (Fsp3) is 0.769. The number of nitrogens with zero attached hydrogens (tertiary/aromatic N) is 2. The standard InChI is InChI=1S/C13H23N3/c1-4-7-15-13(11-14)5-8-16(9-6-13)10-12(2)3/h4,12,15H,1,5-10H2,2-3H3. The summed E-state index contributed by atoms with van der Waals surface area (Å²) in [4.78, 5) is 2.45. The van der Waals surface area contributed by atoms with E-state index < -0.39 is 0 Å². The van der Waals surface area contributed by atoms with Crippen LogP contribution < -0.4 is 5.32 Å². The van der Waals surface area contributed by atoms with Crippen LogP contribution in [0.15, 0.2) is 12.7 Å². The Morgan fingerprint density at radius 3 is 2.56 bits per heavy atom. The molecule has 1 aliphatic heterocycles. The molecule has 1 rings (SSSR count). The Bertz CT molecular complexity index is 257. The highest BCUT2D eigenvalue weighted by atomic mass is 15.2. The quantitative estimate of drug-likeness (QED) is 0.719. The van der Waals surface area contributed by atoms with Gasteiger partial charge < -0.3 is 4.90 Å². The van der Waals surface area contributed by atoms with Crippen molar-refractivity contribution in [2.45, 2.75) is 32.2 Å². The van der Waals surface area contributed by atoms with Crippen LogP contribution in [0.2, 0.25) is 0 Å². The van der Waals surface area contributed by atoms with Crippen molar-refractivity contribution < 1.29 is 0 Å². The van der Waals surface area contributed by atoms with E-state index >= 15 is 0 Å². The average molecular weight is 221 g/mol. The molecule has 1 fully saturated rings. The second-order valence-electron chi connectivity index (χ2n) is 5.06. The Balaban J connectivity index is 2.44. The van der Waals surface area contributed by atoms with E-state index in [4.69, 9.17) is 0 Å². The smallest absolute Gasteiger partial charge is 0.109 e. The first kappa shape index (κ1) is 13.2. The van der Waals surface area contributed by atoms with Crippen LogP contribution in [0.3, 0.4) is 0 Å². The first-order valence-corrected chi connectivity index (χ1v) is 6.11. The lowest BCUT2D eigenvalue weighted by Crippen LogP contribution is -2.53. The number of rotatable bonds is 5. The molecule has 16 heavy (non-hydrogen) atoms.